The minimum atomic E-state index is 0.521. The van der Waals surface area contributed by atoms with Gasteiger partial charge in [-0.05, 0) is 32.5 Å². The lowest BCUT2D eigenvalue weighted by molar-refractivity contribution is 0.274. The van der Waals surface area contributed by atoms with Crippen LogP contribution in [0.15, 0.2) is 18.3 Å². The molecule has 4 nitrogen and oxygen atoms in total. The van der Waals surface area contributed by atoms with Gasteiger partial charge in [0.25, 0.3) is 0 Å². The molecule has 1 aliphatic rings. The average molecular weight is 276 g/mol. The Bertz CT molecular complexity index is 419. The highest BCUT2D eigenvalue weighted by Crippen LogP contribution is 2.22. The summed E-state index contributed by atoms with van der Waals surface area (Å²) in [7, 11) is 2.19. The highest BCUT2D eigenvalue weighted by Gasteiger charge is 2.24. The monoisotopic (exact) mass is 276 g/mol. The lowest BCUT2D eigenvalue weighted by atomic mass is 10.1. The summed E-state index contributed by atoms with van der Waals surface area (Å²) in [5, 5.41) is 3.53. The topological polar surface area (TPSA) is 31.4 Å². The van der Waals surface area contributed by atoms with Crippen molar-refractivity contribution < 1.29 is 0 Å². The highest BCUT2D eigenvalue weighted by molar-refractivity contribution is 5.48. The largest absolute Gasteiger partial charge is 0.351 e. The van der Waals surface area contributed by atoms with E-state index in [0.29, 0.717) is 12.0 Å². The third-order valence-corrected chi connectivity index (χ3v) is 3.84. The van der Waals surface area contributed by atoms with E-state index in [1.54, 1.807) is 0 Å². The Kier molecular flexibility index (Phi) is 5.38. The number of aromatic nitrogens is 1. The second kappa shape index (κ2) is 7.04. The van der Waals surface area contributed by atoms with Gasteiger partial charge in [-0.2, -0.15) is 0 Å². The van der Waals surface area contributed by atoms with Crippen LogP contribution in [-0.2, 0) is 6.54 Å². The third kappa shape index (κ3) is 3.93. The highest BCUT2D eigenvalue weighted by atomic mass is 15.3. The van der Waals surface area contributed by atoms with Crippen LogP contribution in [0.25, 0.3) is 0 Å². The zero-order valence-corrected chi connectivity index (χ0v) is 13.3. The fourth-order valence-corrected chi connectivity index (χ4v) is 2.78. The van der Waals surface area contributed by atoms with Crippen molar-refractivity contribution in [3.05, 3.63) is 23.9 Å². The molecule has 2 rings (SSSR count). The van der Waals surface area contributed by atoms with E-state index in [4.69, 9.17) is 0 Å². The van der Waals surface area contributed by atoms with Crippen molar-refractivity contribution in [3.8, 4) is 0 Å². The van der Waals surface area contributed by atoms with Gasteiger partial charge in [-0.1, -0.05) is 19.9 Å². The SMILES string of the molecule is CC(C)CNCc1cccnc1N1CCN(C)CC1C. The van der Waals surface area contributed by atoms with Gasteiger partial charge in [0.2, 0.25) is 0 Å². The van der Waals surface area contributed by atoms with Crippen molar-refractivity contribution in [1.82, 2.24) is 15.2 Å². The van der Waals surface area contributed by atoms with E-state index in [9.17, 15) is 0 Å². The maximum absolute atomic E-state index is 4.64. The van der Waals surface area contributed by atoms with E-state index in [1.165, 1.54) is 5.56 Å². The number of pyridine rings is 1. The molecule has 0 aliphatic carbocycles. The van der Waals surface area contributed by atoms with E-state index < -0.39 is 0 Å². The number of nitrogens with one attached hydrogen (secondary N) is 1. The molecule has 1 N–H and O–H groups in total. The molecule has 1 aliphatic heterocycles. The number of anilines is 1. The molecule has 2 heterocycles. The molecule has 112 valence electrons. The second-order valence-electron chi connectivity index (χ2n) is 6.32. The summed E-state index contributed by atoms with van der Waals surface area (Å²) in [5.41, 5.74) is 1.31. The van der Waals surface area contributed by atoms with Crippen LogP contribution < -0.4 is 10.2 Å². The fourth-order valence-electron chi connectivity index (χ4n) is 2.78. The number of hydrogen-bond acceptors (Lipinski definition) is 4. The van der Waals surface area contributed by atoms with Crippen LogP contribution in [0.2, 0.25) is 0 Å². The molecule has 1 unspecified atom stereocenters. The Hall–Kier alpha value is -1.13. The van der Waals surface area contributed by atoms with Gasteiger partial charge in [-0.3, -0.25) is 0 Å². The predicted molar refractivity (Wildman–Crippen MR) is 85.1 cm³/mol. The number of piperazine rings is 1. The summed E-state index contributed by atoms with van der Waals surface area (Å²) in [6.45, 7) is 12.0. The molecule has 1 fully saturated rings. The molecule has 0 aromatic carbocycles. The minimum absolute atomic E-state index is 0.521. The van der Waals surface area contributed by atoms with Crippen LogP contribution in [-0.4, -0.2) is 49.2 Å². The Morgan fingerprint density at radius 1 is 1.40 bits per heavy atom. The van der Waals surface area contributed by atoms with Gasteiger partial charge in [-0.15, -0.1) is 0 Å². The summed E-state index contributed by atoms with van der Waals surface area (Å²) in [6, 6.07) is 4.75. The maximum atomic E-state index is 4.64. The van der Waals surface area contributed by atoms with Crippen molar-refractivity contribution in [1.29, 1.82) is 0 Å². The zero-order valence-electron chi connectivity index (χ0n) is 13.3. The van der Waals surface area contributed by atoms with Gasteiger partial charge in [0.1, 0.15) is 5.82 Å². The summed E-state index contributed by atoms with van der Waals surface area (Å²) in [5.74, 6) is 1.84. The first-order chi connectivity index (χ1) is 9.58. The van der Waals surface area contributed by atoms with Gasteiger partial charge in [0.15, 0.2) is 0 Å². The molecule has 1 saturated heterocycles. The van der Waals surface area contributed by atoms with Gasteiger partial charge in [-0.25, -0.2) is 4.98 Å². The molecule has 0 spiro atoms. The summed E-state index contributed by atoms with van der Waals surface area (Å²) in [4.78, 5) is 9.48. The zero-order chi connectivity index (χ0) is 14.5. The number of nitrogens with zero attached hydrogens (tertiary/aromatic N) is 3. The standard InChI is InChI=1S/C16H28N4/c1-13(2)10-17-11-15-6-5-7-18-16(15)20-9-8-19(4)12-14(20)3/h5-7,13-14,17H,8-12H2,1-4H3. The van der Waals surface area contributed by atoms with Crippen LogP contribution in [0.3, 0.4) is 0 Å². The van der Waals surface area contributed by atoms with E-state index in [1.807, 2.05) is 12.3 Å². The van der Waals surface area contributed by atoms with Crippen molar-refractivity contribution in [2.45, 2.75) is 33.4 Å². The maximum Gasteiger partial charge on any atom is 0.133 e. The predicted octanol–water partition coefficient (Wildman–Crippen LogP) is 1.97. The summed E-state index contributed by atoms with van der Waals surface area (Å²) < 4.78 is 0. The van der Waals surface area contributed by atoms with Crippen molar-refractivity contribution in [2.75, 3.05) is 38.1 Å². The van der Waals surface area contributed by atoms with Gasteiger partial charge >= 0.3 is 0 Å². The Labute approximate surface area is 123 Å². The van der Waals surface area contributed by atoms with Crippen LogP contribution in [0.1, 0.15) is 26.3 Å². The van der Waals surface area contributed by atoms with Gasteiger partial charge < -0.3 is 15.1 Å². The number of likely N-dealkylation sites (N-methyl/N-ethyl adjacent to an activating group) is 1. The van der Waals surface area contributed by atoms with Crippen LogP contribution >= 0.6 is 0 Å². The Balaban J connectivity index is 2.07. The summed E-state index contributed by atoms with van der Waals surface area (Å²) >= 11 is 0. The molecular formula is C16H28N4. The quantitative estimate of drug-likeness (QED) is 0.891. The smallest absolute Gasteiger partial charge is 0.133 e. The molecule has 0 radical (unpaired) electrons. The minimum Gasteiger partial charge on any atom is -0.351 e. The second-order valence-corrected chi connectivity index (χ2v) is 6.32. The first-order valence-electron chi connectivity index (χ1n) is 7.67. The van der Waals surface area contributed by atoms with Crippen LogP contribution in [0.4, 0.5) is 5.82 Å². The van der Waals surface area contributed by atoms with E-state index in [2.05, 4.69) is 54.0 Å². The van der Waals surface area contributed by atoms with E-state index in [-0.39, 0.29) is 0 Å². The molecule has 1 aromatic rings. The Morgan fingerprint density at radius 3 is 2.90 bits per heavy atom. The Morgan fingerprint density at radius 2 is 2.20 bits per heavy atom. The molecule has 1 aromatic heterocycles. The number of hydrogen-bond donors (Lipinski definition) is 1. The molecule has 0 amide bonds. The van der Waals surface area contributed by atoms with E-state index >= 15 is 0 Å². The van der Waals surface area contributed by atoms with Gasteiger partial charge in [0, 0.05) is 44.0 Å². The van der Waals surface area contributed by atoms with Crippen molar-refractivity contribution in [2.24, 2.45) is 5.92 Å². The number of rotatable bonds is 5. The first kappa shape index (κ1) is 15.3. The van der Waals surface area contributed by atoms with Gasteiger partial charge in [0.05, 0.1) is 0 Å². The summed E-state index contributed by atoms with van der Waals surface area (Å²) in [6.07, 6.45) is 1.91. The molecule has 1 atom stereocenters. The fraction of sp³-hybridized carbons (Fsp3) is 0.688. The first-order valence-corrected chi connectivity index (χ1v) is 7.67. The van der Waals surface area contributed by atoms with Crippen molar-refractivity contribution >= 4 is 5.82 Å². The van der Waals surface area contributed by atoms with E-state index in [0.717, 1.165) is 38.5 Å². The molecule has 20 heavy (non-hydrogen) atoms. The molecule has 0 saturated carbocycles. The van der Waals surface area contributed by atoms with Crippen LogP contribution in [0, 0.1) is 5.92 Å². The molecule has 0 bridgehead atoms. The lowest BCUT2D eigenvalue weighted by Crippen LogP contribution is -2.51. The average Bonchev–Trinajstić information content (AvgIpc) is 2.39. The molecular weight excluding hydrogens is 248 g/mol. The third-order valence-electron chi connectivity index (χ3n) is 3.84. The van der Waals surface area contributed by atoms with Crippen LogP contribution in [0.5, 0.6) is 0 Å². The normalized spacial score (nSPS) is 20.6. The molecule has 4 heteroatoms. The van der Waals surface area contributed by atoms with Crippen molar-refractivity contribution in [3.63, 3.8) is 0 Å². The lowest BCUT2D eigenvalue weighted by Gasteiger charge is -2.39.